The van der Waals surface area contributed by atoms with Crippen LogP contribution >= 0.6 is 0 Å². The molecule has 0 spiro atoms. The van der Waals surface area contributed by atoms with E-state index < -0.39 is 0 Å². The van der Waals surface area contributed by atoms with Gasteiger partial charge in [0.05, 0.1) is 28.5 Å². The summed E-state index contributed by atoms with van der Waals surface area (Å²) in [5, 5.41) is 4.35. The quantitative estimate of drug-likeness (QED) is 0.736. The number of para-hydroxylation sites is 2. The summed E-state index contributed by atoms with van der Waals surface area (Å²) in [6.45, 7) is 2.09. The molecule has 3 aromatic rings. The van der Waals surface area contributed by atoms with E-state index in [1.807, 2.05) is 24.3 Å². The zero-order chi connectivity index (χ0) is 13.7. The van der Waals surface area contributed by atoms with Crippen LogP contribution in [0.15, 0.2) is 30.5 Å². The van der Waals surface area contributed by atoms with E-state index in [4.69, 9.17) is 0 Å². The number of aromatic amines is 1. The largest absolute Gasteiger partial charge is 0.322 e. The lowest BCUT2D eigenvalue weighted by Crippen LogP contribution is -2.19. The number of hydrogen-bond acceptors (Lipinski definition) is 3. The van der Waals surface area contributed by atoms with Gasteiger partial charge in [0.2, 0.25) is 5.95 Å². The number of aromatic nitrogens is 4. The number of H-pyrrole nitrogens is 1. The first-order valence-corrected chi connectivity index (χ1v) is 6.77. The molecule has 1 atom stereocenters. The highest BCUT2D eigenvalue weighted by Crippen LogP contribution is 2.26. The van der Waals surface area contributed by atoms with Crippen molar-refractivity contribution >= 4 is 16.8 Å². The minimum Gasteiger partial charge on any atom is -0.322 e. The summed E-state index contributed by atoms with van der Waals surface area (Å²) in [4.78, 5) is 19.8. The van der Waals surface area contributed by atoms with E-state index in [0.717, 1.165) is 28.7 Å². The molecular formula is C15H14N4O. The molecule has 5 heteroatoms. The molecule has 0 saturated carbocycles. The molecule has 20 heavy (non-hydrogen) atoms. The van der Waals surface area contributed by atoms with Crippen molar-refractivity contribution in [3.8, 4) is 5.95 Å². The van der Waals surface area contributed by atoms with Gasteiger partial charge in [-0.3, -0.25) is 4.79 Å². The Morgan fingerprint density at radius 3 is 3.00 bits per heavy atom. The van der Waals surface area contributed by atoms with Crippen molar-refractivity contribution in [2.45, 2.75) is 19.8 Å². The molecule has 0 amide bonds. The fraction of sp³-hybridized carbons (Fsp3) is 0.267. The zero-order valence-corrected chi connectivity index (χ0v) is 11.1. The average molecular weight is 266 g/mol. The minimum absolute atomic E-state index is 0.182. The number of ketones is 1. The molecule has 1 aliphatic rings. The summed E-state index contributed by atoms with van der Waals surface area (Å²) < 4.78 is 1.77. The Kier molecular flexibility index (Phi) is 2.30. The molecule has 100 valence electrons. The third-order valence-corrected chi connectivity index (χ3v) is 3.82. The molecular weight excluding hydrogens is 252 g/mol. The number of nitrogens with zero attached hydrogens (tertiary/aromatic N) is 3. The first-order chi connectivity index (χ1) is 9.72. The van der Waals surface area contributed by atoms with Gasteiger partial charge < -0.3 is 4.98 Å². The standard InChI is InChI=1S/C15H14N4O/c1-9-6-13-10(14(20)7-9)8-16-19(13)15-17-11-4-2-3-5-12(11)18-15/h2-5,8-9H,6-7H2,1H3,(H,17,18). The van der Waals surface area contributed by atoms with Crippen molar-refractivity contribution in [3.05, 3.63) is 41.7 Å². The van der Waals surface area contributed by atoms with Crippen LogP contribution in [-0.4, -0.2) is 25.5 Å². The summed E-state index contributed by atoms with van der Waals surface area (Å²) in [6.07, 6.45) is 3.13. The van der Waals surface area contributed by atoms with E-state index in [0.29, 0.717) is 18.3 Å². The molecule has 1 unspecified atom stereocenters. The van der Waals surface area contributed by atoms with Crippen LogP contribution < -0.4 is 0 Å². The molecule has 2 aromatic heterocycles. The molecule has 2 heterocycles. The third-order valence-electron chi connectivity index (χ3n) is 3.82. The second kappa shape index (κ2) is 4.03. The predicted octanol–water partition coefficient (Wildman–Crippen LogP) is 2.51. The normalized spacial score (nSPS) is 18.4. The van der Waals surface area contributed by atoms with Gasteiger partial charge in [-0.15, -0.1) is 0 Å². The fourth-order valence-corrected chi connectivity index (χ4v) is 2.85. The highest BCUT2D eigenvalue weighted by Gasteiger charge is 2.27. The molecule has 0 bridgehead atoms. The molecule has 1 aliphatic carbocycles. The van der Waals surface area contributed by atoms with Gasteiger partial charge in [0.25, 0.3) is 0 Å². The predicted molar refractivity (Wildman–Crippen MR) is 75.0 cm³/mol. The van der Waals surface area contributed by atoms with E-state index in [-0.39, 0.29) is 5.78 Å². The molecule has 5 nitrogen and oxygen atoms in total. The number of rotatable bonds is 1. The van der Waals surface area contributed by atoms with Gasteiger partial charge in [0, 0.05) is 6.42 Å². The lowest BCUT2D eigenvalue weighted by atomic mass is 9.88. The summed E-state index contributed by atoms with van der Waals surface area (Å²) in [7, 11) is 0. The number of carbonyl (C=O) groups is 1. The number of nitrogens with one attached hydrogen (secondary N) is 1. The van der Waals surface area contributed by atoms with Crippen molar-refractivity contribution in [1.82, 2.24) is 19.7 Å². The number of benzene rings is 1. The lowest BCUT2D eigenvalue weighted by molar-refractivity contribution is 0.0952. The maximum Gasteiger partial charge on any atom is 0.229 e. The summed E-state index contributed by atoms with van der Waals surface area (Å²) >= 11 is 0. The molecule has 4 rings (SSSR count). The van der Waals surface area contributed by atoms with Crippen molar-refractivity contribution in [2.24, 2.45) is 5.92 Å². The highest BCUT2D eigenvalue weighted by atomic mass is 16.1. The van der Waals surface area contributed by atoms with Crippen LogP contribution in [0, 0.1) is 5.92 Å². The van der Waals surface area contributed by atoms with E-state index in [1.54, 1.807) is 10.9 Å². The maximum atomic E-state index is 12.0. The Morgan fingerprint density at radius 2 is 2.15 bits per heavy atom. The van der Waals surface area contributed by atoms with Gasteiger partial charge in [-0.2, -0.15) is 5.10 Å². The first kappa shape index (κ1) is 11.4. The van der Waals surface area contributed by atoms with Crippen molar-refractivity contribution in [3.63, 3.8) is 0 Å². The van der Waals surface area contributed by atoms with Crippen LogP contribution in [0.25, 0.3) is 17.0 Å². The van der Waals surface area contributed by atoms with E-state index in [2.05, 4.69) is 22.0 Å². The van der Waals surface area contributed by atoms with Crippen LogP contribution in [0.3, 0.4) is 0 Å². The zero-order valence-electron chi connectivity index (χ0n) is 11.1. The van der Waals surface area contributed by atoms with Gasteiger partial charge in [-0.25, -0.2) is 9.67 Å². The molecule has 0 fully saturated rings. The molecule has 1 aromatic carbocycles. The van der Waals surface area contributed by atoms with Crippen molar-refractivity contribution in [1.29, 1.82) is 0 Å². The Balaban J connectivity index is 1.89. The number of fused-ring (bicyclic) bond motifs is 2. The van der Waals surface area contributed by atoms with E-state index >= 15 is 0 Å². The van der Waals surface area contributed by atoms with E-state index in [1.165, 1.54) is 0 Å². The van der Waals surface area contributed by atoms with Crippen molar-refractivity contribution in [2.75, 3.05) is 0 Å². The molecule has 0 saturated heterocycles. The molecule has 0 radical (unpaired) electrons. The van der Waals surface area contributed by atoms with Gasteiger partial charge >= 0.3 is 0 Å². The van der Waals surface area contributed by atoms with Gasteiger partial charge in [0.1, 0.15) is 0 Å². The molecule has 0 aliphatic heterocycles. The van der Waals surface area contributed by atoms with Gasteiger partial charge in [0.15, 0.2) is 5.78 Å². The lowest BCUT2D eigenvalue weighted by Gasteiger charge is -2.17. The topological polar surface area (TPSA) is 63.6 Å². The van der Waals surface area contributed by atoms with Crippen LogP contribution in [0.1, 0.15) is 29.4 Å². The van der Waals surface area contributed by atoms with Crippen LogP contribution in [0.5, 0.6) is 0 Å². The van der Waals surface area contributed by atoms with Crippen LogP contribution in [0.2, 0.25) is 0 Å². The van der Waals surface area contributed by atoms with Gasteiger partial charge in [-0.05, 0) is 24.5 Å². The Labute approximate surface area is 115 Å². The Bertz CT molecular complexity index is 781. The summed E-state index contributed by atoms with van der Waals surface area (Å²) in [5.41, 5.74) is 3.58. The summed E-state index contributed by atoms with van der Waals surface area (Å²) in [5.74, 6) is 1.21. The Hall–Kier alpha value is -2.43. The number of Topliss-reactive ketones (excluding diaryl/α,β-unsaturated/α-hetero) is 1. The highest BCUT2D eigenvalue weighted by molar-refractivity contribution is 5.98. The minimum atomic E-state index is 0.182. The van der Waals surface area contributed by atoms with Crippen molar-refractivity contribution < 1.29 is 4.79 Å². The first-order valence-electron chi connectivity index (χ1n) is 6.77. The second-order valence-corrected chi connectivity index (χ2v) is 5.43. The second-order valence-electron chi connectivity index (χ2n) is 5.43. The SMILES string of the molecule is CC1CC(=O)c2cnn(-c3nc4ccccc4[nH]3)c2C1. The number of hydrogen-bond donors (Lipinski definition) is 1. The Morgan fingerprint density at radius 1 is 1.30 bits per heavy atom. The third kappa shape index (κ3) is 1.59. The average Bonchev–Trinajstić information content (AvgIpc) is 3.00. The fourth-order valence-electron chi connectivity index (χ4n) is 2.85. The monoisotopic (exact) mass is 266 g/mol. The number of imidazole rings is 1. The van der Waals surface area contributed by atoms with Gasteiger partial charge in [-0.1, -0.05) is 19.1 Å². The molecule has 1 N–H and O–H groups in total. The van der Waals surface area contributed by atoms with E-state index in [9.17, 15) is 4.79 Å². The van der Waals surface area contributed by atoms with Crippen LogP contribution in [-0.2, 0) is 6.42 Å². The maximum absolute atomic E-state index is 12.0. The smallest absolute Gasteiger partial charge is 0.229 e. The number of carbonyl (C=O) groups excluding carboxylic acids is 1. The van der Waals surface area contributed by atoms with Crippen LogP contribution in [0.4, 0.5) is 0 Å². The summed E-state index contributed by atoms with van der Waals surface area (Å²) in [6, 6.07) is 7.86.